The zero-order valence-electron chi connectivity index (χ0n) is 32.4. The minimum atomic E-state index is -1.09. The highest BCUT2D eigenvalue weighted by Gasteiger charge is 2.45. The number of pyridine rings is 1. The molecule has 2 aliphatic heterocycles. The van der Waals surface area contributed by atoms with Gasteiger partial charge in [-0.2, -0.15) is 0 Å². The SMILES string of the molecule is CNC(=O)c1cnc2ccc(-c3ccc(C(=O)NCCCCNC(=O)C(C)Nc4cccc5c4C(=O)N(C4CCC(=O)NC4=O)C5=O)cc3)cc2c1Nc1ccccc1. The summed E-state index contributed by atoms with van der Waals surface area (Å²) in [6, 6.07) is 25.4. The van der Waals surface area contributed by atoms with E-state index in [1.54, 1.807) is 44.4 Å². The van der Waals surface area contributed by atoms with Gasteiger partial charge in [-0.1, -0.05) is 42.5 Å². The van der Waals surface area contributed by atoms with Crippen LogP contribution in [-0.4, -0.2) is 83.5 Å². The maximum Gasteiger partial charge on any atom is 0.264 e. The number of hydrogen-bond acceptors (Lipinski definition) is 10. The number of carbonyl (C=O) groups is 7. The molecule has 15 nitrogen and oxygen atoms in total. The molecular formula is C44H42N8O7. The van der Waals surface area contributed by atoms with Crippen molar-refractivity contribution in [2.24, 2.45) is 0 Å². The first-order chi connectivity index (χ1) is 28.5. The first-order valence-electron chi connectivity index (χ1n) is 19.3. The van der Waals surface area contributed by atoms with Crippen LogP contribution >= 0.6 is 0 Å². The van der Waals surface area contributed by atoms with E-state index < -0.39 is 35.7 Å². The fourth-order valence-electron chi connectivity index (χ4n) is 7.15. The lowest BCUT2D eigenvalue weighted by Gasteiger charge is -2.27. The van der Waals surface area contributed by atoms with E-state index in [1.165, 1.54) is 6.07 Å². The Morgan fingerprint density at radius 3 is 2.29 bits per heavy atom. The van der Waals surface area contributed by atoms with Crippen LogP contribution in [0.1, 0.15) is 74.0 Å². The Morgan fingerprint density at radius 2 is 1.56 bits per heavy atom. The topological polar surface area (TPSA) is 208 Å². The number of nitrogens with one attached hydrogen (secondary N) is 6. The van der Waals surface area contributed by atoms with Gasteiger partial charge in [-0.05, 0) is 85.8 Å². The first-order valence-corrected chi connectivity index (χ1v) is 19.3. The minimum Gasteiger partial charge on any atom is -0.373 e. The second-order valence-corrected chi connectivity index (χ2v) is 14.2. The zero-order valence-corrected chi connectivity index (χ0v) is 32.4. The molecule has 5 aromatic rings. The molecule has 0 radical (unpaired) electrons. The predicted molar refractivity (Wildman–Crippen MR) is 221 cm³/mol. The molecule has 59 heavy (non-hydrogen) atoms. The van der Waals surface area contributed by atoms with Crippen molar-refractivity contribution in [1.82, 2.24) is 31.2 Å². The largest absolute Gasteiger partial charge is 0.373 e. The van der Waals surface area contributed by atoms with Crippen LogP contribution in [0.5, 0.6) is 0 Å². The van der Waals surface area contributed by atoms with Gasteiger partial charge in [-0.3, -0.25) is 48.8 Å². The normalized spacial score (nSPS) is 15.3. The number of anilines is 3. The van der Waals surface area contributed by atoms with E-state index in [4.69, 9.17) is 0 Å². The quantitative estimate of drug-likeness (QED) is 0.0684. The maximum absolute atomic E-state index is 13.4. The summed E-state index contributed by atoms with van der Waals surface area (Å²) < 4.78 is 0. The Balaban J connectivity index is 0.892. The van der Waals surface area contributed by atoms with Gasteiger partial charge in [-0.15, -0.1) is 0 Å². The van der Waals surface area contributed by atoms with E-state index in [9.17, 15) is 33.6 Å². The number of carbonyl (C=O) groups excluding carboxylic acids is 7. The fourth-order valence-corrected chi connectivity index (χ4v) is 7.15. The van der Waals surface area contributed by atoms with E-state index in [-0.39, 0.29) is 47.4 Å². The molecule has 1 saturated heterocycles. The summed E-state index contributed by atoms with van der Waals surface area (Å²) in [6.07, 6.45) is 2.81. The fraction of sp³-hybridized carbons (Fsp3) is 0.227. The van der Waals surface area contributed by atoms with Crippen molar-refractivity contribution in [3.05, 3.63) is 119 Å². The van der Waals surface area contributed by atoms with E-state index in [2.05, 4.69) is 36.9 Å². The standard InChI is InChI=1S/C44H42N8O7/c1-25(49-34-12-8-11-30-37(34)44(59)52(43(30)58)35-19-20-36(53)51-42(35)57)39(54)46-21-6-7-22-47-40(55)27-15-13-26(14-16-27)28-17-18-33-31(23-28)38(32(24-48-33)41(56)45-2)50-29-9-4-3-5-10-29/h3-5,8-18,23-25,35,49H,6-7,19-22H2,1-2H3,(H,45,56)(H,46,54)(H,47,55)(H,48,50)(H,51,53,57). The molecule has 2 aliphatic rings. The number of hydrogen-bond donors (Lipinski definition) is 6. The molecule has 7 amide bonds. The maximum atomic E-state index is 13.4. The lowest BCUT2D eigenvalue weighted by atomic mass is 9.99. The summed E-state index contributed by atoms with van der Waals surface area (Å²) in [7, 11) is 1.58. The third-order valence-corrected chi connectivity index (χ3v) is 10.3. The van der Waals surface area contributed by atoms with Gasteiger partial charge in [0.2, 0.25) is 17.7 Å². The number of benzene rings is 4. The van der Waals surface area contributed by atoms with E-state index in [0.29, 0.717) is 42.7 Å². The van der Waals surface area contributed by atoms with Crippen LogP contribution in [0.2, 0.25) is 0 Å². The molecule has 1 aromatic heterocycles. The molecular weight excluding hydrogens is 753 g/mol. The van der Waals surface area contributed by atoms with Crippen molar-refractivity contribution in [1.29, 1.82) is 0 Å². The summed E-state index contributed by atoms with van der Waals surface area (Å²) in [5.74, 6) is -3.28. The minimum absolute atomic E-state index is 0.0131. The summed E-state index contributed by atoms with van der Waals surface area (Å²) in [5.41, 5.74) is 5.31. The Kier molecular flexibility index (Phi) is 11.7. The number of fused-ring (bicyclic) bond motifs is 2. The summed E-state index contributed by atoms with van der Waals surface area (Å²) in [5, 5.41) is 17.8. The molecule has 1 fully saturated rings. The average molecular weight is 795 g/mol. The van der Waals surface area contributed by atoms with Crippen molar-refractivity contribution in [2.45, 2.75) is 44.7 Å². The molecule has 7 rings (SSSR count). The number of rotatable bonds is 14. The molecule has 3 heterocycles. The highest BCUT2D eigenvalue weighted by Crippen LogP contribution is 2.34. The van der Waals surface area contributed by atoms with Crippen LogP contribution in [0, 0.1) is 0 Å². The average Bonchev–Trinajstić information content (AvgIpc) is 3.50. The number of imide groups is 2. The van der Waals surface area contributed by atoms with Gasteiger partial charge in [0, 0.05) is 55.1 Å². The Labute approximate surface area is 339 Å². The molecule has 300 valence electrons. The predicted octanol–water partition coefficient (Wildman–Crippen LogP) is 4.53. The van der Waals surface area contributed by atoms with E-state index >= 15 is 0 Å². The van der Waals surface area contributed by atoms with Gasteiger partial charge >= 0.3 is 0 Å². The number of aromatic nitrogens is 1. The Bertz CT molecular complexity index is 2490. The van der Waals surface area contributed by atoms with Crippen molar-refractivity contribution >= 4 is 69.3 Å². The van der Waals surface area contributed by atoms with Crippen LogP contribution in [-0.2, 0) is 14.4 Å². The van der Waals surface area contributed by atoms with Crippen LogP contribution in [0.25, 0.3) is 22.0 Å². The third-order valence-electron chi connectivity index (χ3n) is 10.3. The van der Waals surface area contributed by atoms with Crippen molar-refractivity contribution in [3.63, 3.8) is 0 Å². The van der Waals surface area contributed by atoms with Gasteiger partial charge < -0.3 is 26.6 Å². The third kappa shape index (κ3) is 8.49. The highest BCUT2D eigenvalue weighted by molar-refractivity contribution is 6.25. The number of amides is 7. The molecule has 0 aliphatic carbocycles. The second kappa shape index (κ2) is 17.4. The summed E-state index contributed by atoms with van der Waals surface area (Å²) in [6.45, 7) is 2.36. The molecule has 0 spiro atoms. The van der Waals surface area contributed by atoms with Gasteiger partial charge in [0.1, 0.15) is 12.1 Å². The van der Waals surface area contributed by atoms with Crippen LogP contribution in [0.4, 0.5) is 17.1 Å². The molecule has 2 atom stereocenters. The van der Waals surface area contributed by atoms with Crippen LogP contribution < -0.4 is 31.9 Å². The van der Waals surface area contributed by atoms with Crippen molar-refractivity contribution in [3.8, 4) is 11.1 Å². The van der Waals surface area contributed by atoms with Crippen molar-refractivity contribution in [2.75, 3.05) is 30.8 Å². The Hall–Kier alpha value is -7.42. The van der Waals surface area contributed by atoms with E-state index in [0.717, 1.165) is 32.6 Å². The number of nitrogens with zero attached hydrogens (tertiary/aromatic N) is 2. The molecule has 4 aromatic carbocycles. The zero-order chi connectivity index (χ0) is 41.6. The van der Waals surface area contributed by atoms with Gasteiger partial charge in [0.05, 0.1) is 27.9 Å². The molecule has 6 N–H and O–H groups in total. The van der Waals surface area contributed by atoms with Gasteiger partial charge in [0.25, 0.3) is 23.6 Å². The second-order valence-electron chi connectivity index (χ2n) is 14.2. The van der Waals surface area contributed by atoms with Crippen LogP contribution in [0.15, 0.2) is 97.2 Å². The van der Waals surface area contributed by atoms with Crippen LogP contribution in [0.3, 0.4) is 0 Å². The summed E-state index contributed by atoms with van der Waals surface area (Å²) in [4.78, 5) is 94.6. The van der Waals surface area contributed by atoms with Gasteiger partial charge in [0.15, 0.2) is 0 Å². The number of unbranched alkanes of at least 4 members (excludes halogenated alkanes) is 1. The number of piperidine rings is 1. The molecule has 0 saturated carbocycles. The summed E-state index contributed by atoms with van der Waals surface area (Å²) >= 11 is 0. The number of para-hydroxylation sites is 1. The van der Waals surface area contributed by atoms with Gasteiger partial charge in [-0.25, -0.2) is 0 Å². The smallest absolute Gasteiger partial charge is 0.264 e. The highest BCUT2D eigenvalue weighted by atomic mass is 16.2. The molecule has 2 unspecified atom stereocenters. The molecule has 15 heteroatoms. The monoisotopic (exact) mass is 794 g/mol. The molecule has 0 bridgehead atoms. The van der Waals surface area contributed by atoms with Crippen molar-refractivity contribution < 1.29 is 33.6 Å². The lowest BCUT2D eigenvalue weighted by molar-refractivity contribution is -0.136. The Morgan fingerprint density at radius 1 is 0.831 bits per heavy atom. The lowest BCUT2D eigenvalue weighted by Crippen LogP contribution is -2.54. The van der Waals surface area contributed by atoms with E-state index in [1.807, 2.05) is 60.7 Å². The first kappa shape index (κ1) is 39.8.